The molecule has 18 heavy (non-hydrogen) atoms. The largest absolute Gasteiger partial charge is 0.385 e. The van der Waals surface area contributed by atoms with Crippen LogP contribution in [0.2, 0.25) is 0 Å². The second kappa shape index (κ2) is 4.13. The molecule has 1 aliphatic rings. The number of aromatic amines is 1. The van der Waals surface area contributed by atoms with Crippen LogP contribution in [0.5, 0.6) is 0 Å². The SMILES string of the molecule is CC1CC(C)CC(O)(c2cccc3[nH]ccc23)C1. The summed E-state index contributed by atoms with van der Waals surface area (Å²) in [6.07, 6.45) is 4.93. The van der Waals surface area contributed by atoms with Crippen molar-refractivity contribution in [3.05, 3.63) is 36.0 Å². The van der Waals surface area contributed by atoms with Gasteiger partial charge in [0.25, 0.3) is 0 Å². The maximum Gasteiger partial charge on any atom is 0.0908 e. The number of benzene rings is 1. The molecule has 2 aromatic rings. The number of hydrogen-bond acceptors (Lipinski definition) is 1. The topological polar surface area (TPSA) is 36.0 Å². The van der Waals surface area contributed by atoms with Crippen LogP contribution in [0.15, 0.2) is 30.5 Å². The average Bonchev–Trinajstić information content (AvgIpc) is 2.74. The Hall–Kier alpha value is -1.28. The Balaban J connectivity index is 2.09. The van der Waals surface area contributed by atoms with Gasteiger partial charge in [-0.05, 0) is 48.8 Å². The number of rotatable bonds is 1. The molecule has 1 aromatic carbocycles. The fraction of sp³-hybridized carbons (Fsp3) is 0.500. The van der Waals surface area contributed by atoms with E-state index in [-0.39, 0.29) is 0 Å². The minimum atomic E-state index is -0.654. The Kier molecular flexibility index (Phi) is 2.70. The second-order valence-corrected chi connectivity index (χ2v) is 6.13. The van der Waals surface area contributed by atoms with E-state index >= 15 is 0 Å². The third-order valence-corrected chi connectivity index (χ3v) is 4.27. The summed E-state index contributed by atoms with van der Waals surface area (Å²) in [6.45, 7) is 4.50. The van der Waals surface area contributed by atoms with Crippen LogP contribution in [-0.2, 0) is 5.60 Å². The fourth-order valence-corrected chi connectivity index (χ4v) is 3.80. The van der Waals surface area contributed by atoms with Gasteiger partial charge in [0.2, 0.25) is 0 Å². The highest BCUT2D eigenvalue weighted by Crippen LogP contribution is 2.44. The van der Waals surface area contributed by atoms with Crippen molar-refractivity contribution in [1.82, 2.24) is 4.98 Å². The minimum Gasteiger partial charge on any atom is -0.385 e. The van der Waals surface area contributed by atoms with E-state index in [9.17, 15) is 5.11 Å². The lowest BCUT2D eigenvalue weighted by Crippen LogP contribution is -2.35. The van der Waals surface area contributed by atoms with E-state index in [1.54, 1.807) is 0 Å². The van der Waals surface area contributed by atoms with Crippen molar-refractivity contribution in [2.24, 2.45) is 11.8 Å². The minimum absolute atomic E-state index is 0.591. The van der Waals surface area contributed by atoms with Gasteiger partial charge in [0.15, 0.2) is 0 Å². The number of fused-ring (bicyclic) bond motifs is 1. The monoisotopic (exact) mass is 243 g/mol. The molecular weight excluding hydrogens is 222 g/mol. The molecule has 0 bridgehead atoms. The first-order chi connectivity index (χ1) is 8.58. The van der Waals surface area contributed by atoms with E-state index in [4.69, 9.17) is 0 Å². The lowest BCUT2D eigenvalue weighted by atomic mass is 9.70. The standard InChI is InChI=1S/C16H21NO/c1-11-8-12(2)10-16(18,9-11)14-4-3-5-15-13(14)6-7-17-15/h3-7,11-12,17-18H,8-10H2,1-2H3. The number of nitrogens with one attached hydrogen (secondary N) is 1. The van der Waals surface area contributed by atoms with Crippen molar-refractivity contribution in [2.45, 2.75) is 38.7 Å². The van der Waals surface area contributed by atoms with Crippen molar-refractivity contribution in [2.75, 3.05) is 0 Å². The van der Waals surface area contributed by atoms with Crippen LogP contribution in [0.25, 0.3) is 10.9 Å². The average molecular weight is 243 g/mol. The van der Waals surface area contributed by atoms with E-state index in [0.29, 0.717) is 11.8 Å². The number of aromatic nitrogens is 1. The third-order valence-electron chi connectivity index (χ3n) is 4.27. The van der Waals surface area contributed by atoms with E-state index < -0.39 is 5.60 Å². The van der Waals surface area contributed by atoms with E-state index in [2.05, 4.69) is 37.0 Å². The van der Waals surface area contributed by atoms with Gasteiger partial charge in [-0.15, -0.1) is 0 Å². The van der Waals surface area contributed by atoms with Crippen LogP contribution >= 0.6 is 0 Å². The summed E-state index contributed by atoms with van der Waals surface area (Å²) in [4.78, 5) is 3.23. The Bertz CT molecular complexity index is 547. The van der Waals surface area contributed by atoms with Crippen molar-refractivity contribution < 1.29 is 5.11 Å². The summed E-state index contributed by atoms with van der Waals surface area (Å²) in [7, 11) is 0. The molecule has 0 saturated heterocycles. The lowest BCUT2D eigenvalue weighted by Gasteiger charge is -2.39. The zero-order valence-corrected chi connectivity index (χ0v) is 11.1. The molecule has 96 valence electrons. The van der Waals surface area contributed by atoms with Gasteiger partial charge in [0.05, 0.1) is 5.60 Å². The quantitative estimate of drug-likeness (QED) is 0.785. The highest BCUT2D eigenvalue weighted by molar-refractivity contribution is 5.83. The second-order valence-electron chi connectivity index (χ2n) is 6.13. The Morgan fingerprint density at radius 3 is 2.61 bits per heavy atom. The van der Waals surface area contributed by atoms with Crippen LogP contribution < -0.4 is 0 Å². The zero-order valence-electron chi connectivity index (χ0n) is 11.1. The van der Waals surface area contributed by atoms with Crippen LogP contribution in [0.1, 0.15) is 38.7 Å². The molecule has 1 heterocycles. The Morgan fingerprint density at radius 1 is 1.17 bits per heavy atom. The van der Waals surface area contributed by atoms with Crippen LogP contribution in [0, 0.1) is 11.8 Å². The van der Waals surface area contributed by atoms with Gasteiger partial charge in [-0.2, -0.15) is 0 Å². The van der Waals surface area contributed by atoms with E-state index in [1.165, 1.54) is 11.8 Å². The molecule has 2 atom stereocenters. The molecule has 0 spiro atoms. The molecule has 0 amide bonds. The van der Waals surface area contributed by atoms with Crippen LogP contribution in [0.4, 0.5) is 0 Å². The predicted octanol–water partition coefficient (Wildman–Crippen LogP) is 3.81. The lowest BCUT2D eigenvalue weighted by molar-refractivity contribution is -0.0350. The summed E-state index contributed by atoms with van der Waals surface area (Å²) >= 11 is 0. The van der Waals surface area contributed by atoms with E-state index in [1.807, 2.05) is 12.3 Å². The molecular formula is C16H21NO. The Labute approximate surface area is 108 Å². The summed E-state index contributed by atoms with van der Waals surface area (Å²) in [5.41, 5.74) is 1.56. The zero-order chi connectivity index (χ0) is 12.8. The first-order valence-corrected chi connectivity index (χ1v) is 6.87. The summed E-state index contributed by atoms with van der Waals surface area (Å²) in [6, 6.07) is 8.27. The molecule has 3 rings (SSSR count). The molecule has 1 saturated carbocycles. The molecule has 2 nitrogen and oxygen atoms in total. The van der Waals surface area contributed by atoms with Gasteiger partial charge in [0.1, 0.15) is 0 Å². The van der Waals surface area contributed by atoms with Gasteiger partial charge in [-0.25, -0.2) is 0 Å². The maximum absolute atomic E-state index is 11.1. The smallest absolute Gasteiger partial charge is 0.0908 e. The van der Waals surface area contributed by atoms with Gasteiger partial charge < -0.3 is 10.1 Å². The van der Waals surface area contributed by atoms with Gasteiger partial charge in [0, 0.05) is 17.1 Å². The molecule has 2 unspecified atom stereocenters. The van der Waals surface area contributed by atoms with Gasteiger partial charge >= 0.3 is 0 Å². The van der Waals surface area contributed by atoms with Crippen molar-refractivity contribution in [1.29, 1.82) is 0 Å². The summed E-state index contributed by atoms with van der Waals surface area (Å²) in [5.74, 6) is 1.18. The van der Waals surface area contributed by atoms with Gasteiger partial charge in [-0.1, -0.05) is 26.0 Å². The molecule has 1 aromatic heterocycles. The Morgan fingerprint density at radius 2 is 1.89 bits per heavy atom. The molecule has 1 fully saturated rings. The summed E-state index contributed by atoms with van der Waals surface area (Å²) < 4.78 is 0. The normalized spacial score (nSPS) is 32.8. The van der Waals surface area contributed by atoms with E-state index in [0.717, 1.165) is 23.9 Å². The number of aliphatic hydroxyl groups is 1. The fourth-order valence-electron chi connectivity index (χ4n) is 3.80. The molecule has 2 heteroatoms. The first kappa shape index (κ1) is 11.8. The van der Waals surface area contributed by atoms with Crippen molar-refractivity contribution >= 4 is 10.9 Å². The third kappa shape index (κ3) is 1.85. The molecule has 1 aliphatic carbocycles. The number of H-pyrrole nitrogens is 1. The van der Waals surface area contributed by atoms with Crippen molar-refractivity contribution in [3.63, 3.8) is 0 Å². The predicted molar refractivity (Wildman–Crippen MR) is 74.4 cm³/mol. The van der Waals surface area contributed by atoms with Crippen LogP contribution in [-0.4, -0.2) is 10.1 Å². The highest BCUT2D eigenvalue weighted by atomic mass is 16.3. The molecule has 0 radical (unpaired) electrons. The summed E-state index contributed by atoms with van der Waals surface area (Å²) in [5, 5.41) is 12.3. The highest BCUT2D eigenvalue weighted by Gasteiger charge is 2.38. The molecule has 2 N–H and O–H groups in total. The van der Waals surface area contributed by atoms with Crippen LogP contribution in [0.3, 0.4) is 0 Å². The number of hydrogen-bond donors (Lipinski definition) is 2. The van der Waals surface area contributed by atoms with Gasteiger partial charge in [-0.3, -0.25) is 0 Å². The van der Waals surface area contributed by atoms with Crippen molar-refractivity contribution in [3.8, 4) is 0 Å². The first-order valence-electron chi connectivity index (χ1n) is 6.87. The molecule has 0 aliphatic heterocycles. The maximum atomic E-state index is 11.1.